The maximum absolute atomic E-state index is 13.1. The van der Waals surface area contributed by atoms with Gasteiger partial charge in [0.25, 0.3) is 10.2 Å². The molecule has 0 aromatic carbocycles. The van der Waals surface area contributed by atoms with Crippen molar-refractivity contribution in [2.45, 2.75) is 59.0 Å². The van der Waals surface area contributed by atoms with Crippen LogP contribution in [0.5, 0.6) is 0 Å². The van der Waals surface area contributed by atoms with Gasteiger partial charge in [-0.15, -0.1) is 0 Å². The second kappa shape index (κ2) is 6.94. The third-order valence-corrected chi connectivity index (χ3v) is 6.86. The lowest BCUT2D eigenvalue weighted by Crippen LogP contribution is -2.61. The normalized spacial score (nSPS) is 36.8. The minimum Gasteiger partial charge on any atom is -0.311 e. The van der Waals surface area contributed by atoms with Gasteiger partial charge in [0, 0.05) is 38.3 Å². The molecule has 0 aliphatic carbocycles. The van der Waals surface area contributed by atoms with Crippen molar-refractivity contribution >= 4 is 10.2 Å². The van der Waals surface area contributed by atoms with Crippen molar-refractivity contribution in [2.75, 3.05) is 26.2 Å². The van der Waals surface area contributed by atoms with E-state index in [1.165, 1.54) is 0 Å². The summed E-state index contributed by atoms with van der Waals surface area (Å²) < 4.78 is 29.7. The number of piperidine rings is 1. The molecule has 4 unspecified atom stereocenters. The van der Waals surface area contributed by atoms with Crippen molar-refractivity contribution in [1.82, 2.24) is 13.9 Å². The van der Waals surface area contributed by atoms with Gasteiger partial charge in [-0.25, -0.2) is 0 Å². The van der Waals surface area contributed by atoms with E-state index >= 15 is 0 Å². The first-order valence-corrected chi connectivity index (χ1v) is 9.78. The van der Waals surface area contributed by atoms with Crippen LogP contribution in [0.15, 0.2) is 0 Å². The second-order valence-electron chi connectivity index (χ2n) is 6.92. The Bertz CT molecular complexity index is 430. The Kier molecular flexibility index (Phi) is 5.68. The molecule has 2 aliphatic rings. The van der Waals surface area contributed by atoms with Crippen LogP contribution in [0.3, 0.4) is 0 Å². The van der Waals surface area contributed by atoms with Gasteiger partial charge in [0.15, 0.2) is 0 Å². The molecule has 0 aromatic rings. The molecule has 6 heteroatoms. The fourth-order valence-electron chi connectivity index (χ4n) is 3.68. The molecule has 0 spiro atoms. The van der Waals surface area contributed by atoms with Crippen LogP contribution >= 0.6 is 0 Å². The largest absolute Gasteiger partial charge is 0.311 e. The van der Waals surface area contributed by atoms with E-state index in [2.05, 4.69) is 33.0 Å². The van der Waals surface area contributed by atoms with Crippen molar-refractivity contribution in [2.24, 2.45) is 11.8 Å². The molecule has 5 nitrogen and oxygen atoms in total. The van der Waals surface area contributed by atoms with Crippen molar-refractivity contribution < 1.29 is 8.42 Å². The lowest BCUT2D eigenvalue weighted by molar-refractivity contribution is 0.172. The first-order chi connectivity index (χ1) is 9.88. The third-order valence-electron chi connectivity index (χ3n) is 4.87. The van der Waals surface area contributed by atoms with E-state index in [9.17, 15) is 8.42 Å². The van der Waals surface area contributed by atoms with Gasteiger partial charge < -0.3 is 5.32 Å². The first-order valence-electron chi connectivity index (χ1n) is 8.38. The molecule has 2 fully saturated rings. The minimum atomic E-state index is -3.33. The van der Waals surface area contributed by atoms with Gasteiger partial charge in [-0.2, -0.15) is 17.0 Å². The van der Waals surface area contributed by atoms with Gasteiger partial charge in [0.1, 0.15) is 0 Å². The molecule has 0 radical (unpaired) electrons. The lowest BCUT2D eigenvalue weighted by Gasteiger charge is -2.43. The van der Waals surface area contributed by atoms with Crippen LogP contribution in [-0.4, -0.2) is 55.3 Å². The number of piperazine rings is 1. The van der Waals surface area contributed by atoms with E-state index in [1.54, 1.807) is 8.61 Å². The summed E-state index contributed by atoms with van der Waals surface area (Å²) in [7, 11) is -3.33. The molecule has 1 N–H and O–H groups in total. The Morgan fingerprint density at radius 3 is 2.19 bits per heavy atom. The summed E-state index contributed by atoms with van der Waals surface area (Å²) in [5.41, 5.74) is 0. The summed E-state index contributed by atoms with van der Waals surface area (Å²) in [6.45, 7) is 11.2. The summed E-state index contributed by atoms with van der Waals surface area (Å²) in [5, 5.41) is 3.47. The maximum Gasteiger partial charge on any atom is 0.282 e. The Morgan fingerprint density at radius 1 is 1.05 bits per heavy atom. The molecule has 2 heterocycles. The van der Waals surface area contributed by atoms with Crippen molar-refractivity contribution in [3.63, 3.8) is 0 Å². The molecular weight excluding hydrogens is 286 g/mol. The van der Waals surface area contributed by atoms with Gasteiger partial charge in [0.2, 0.25) is 0 Å². The van der Waals surface area contributed by atoms with Crippen LogP contribution in [0.2, 0.25) is 0 Å². The summed E-state index contributed by atoms with van der Waals surface area (Å²) in [4.78, 5) is 0. The Morgan fingerprint density at radius 2 is 1.67 bits per heavy atom. The highest BCUT2D eigenvalue weighted by atomic mass is 32.2. The fraction of sp³-hybridized carbons (Fsp3) is 1.00. The van der Waals surface area contributed by atoms with Crippen LogP contribution in [-0.2, 0) is 10.2 Å². The second-order valence-corrected chi connectivity index (χ2v) is 8.80. The Hall–Kier alpha value is -0.170. The molecule has 21 heavy (non-hydrogen) atoms. The van der Waals surface area contributed by atoms with Gasteiger partial charge in [-0.05, 0) is 31.1 Å². The van der Waals surface area contributed by atoms with Crippen molar-refractivity contribution in [3.8, 4) is 0 Å². The Balaban J connectivity index is 2.19. The van der Waals surface area contributed by atoms with E-state index < -0.39 is 10.2 Å². The van der Waals surface area contributed by atoms with E-state index in [0.29, 0.717) is 31.5 Å². The lowest BCUT2D eigenvalue weighted by atomic mass is 9.94. The SMILES string of the molecule is CCC1CN(S(=O)(=O)N2CC(C)CC(C)C2)C(CC)CN1. The molecule has 0 saturated carbocycles. The molecule has 124 valence electrons. The molecule has 0 amide bonds. The molecular formula is C15H31N3O2S. The highest BCUT2D eigenvalue weighted by Gasteiger charge is 2.40. The highest BCUT2D eigenvalue weighted by molar-refractivity contribution is 7.86. The zero-order chi connectivity index (χ0) is 15.6. The van der Waals surface area contributed by atoms with Gasteiger partial charge in [-0.1, -0.05) is 27.7 Å². The molecule has 2 aliphatic heterocycles. The fourth-order valence-corrected chi connectivity index (χ4v) is 5.83. The average Bonchev–Trinajstić information content (AvgIpc) is 2.45. The van der Waals surface area contributed by atoms with Crippen LogP contribution in [0.1, 0.15) is 47.0 Å². The van der Waals surface area contributed by atoms with Gasteiger partial charge >= 0.3 is 0 Å². The highest BCUT2D eigenvalue weighted by Crippen LogP contribution is 2.27. The zero-order valence-electron chi connectivity index (χ0n) is 13.9. The summed E-state index contributed by atoms with van der Waals surface area (Å²) in [6.07, 6.45) is 2.96. The Labute approximate surface area is 130 Å². The van der Waals surface area contributed by atoms with Crippen LogP contribution in [0.4, 0.5) is 0 Å². The van der Waals surface area contributed by atoms with E-state index in [1.807, 2.05) is 0 Å². The van der Waals surface area contributed by atoms with Gasteiger partial charge in [-0.3, -0.25) is 0 Å². The quantitative estimate of drug-likeness (QED) is 0.858. The van der Waals surface area contributed by atoms with Crippen molar-refractivity contribution in [3.05, 3.63) is 0 Å². The topological polar surface area (TPSA) is 52.7 Å². The molecule has 2 rings (SSSR count). The summed E-state index contributed by atoms with van der Waals surface area (Å²) in [5.74, 6) is 0.905. The van der Waals surface area contributed by atoms with Crippen molar-refractivity contribution in [1.29, 1.82) is 0 Å². The van der Waals surface area contributed by atoms with E-state index in [-0.39, 0.29) is 12.1 Å². The summed E-state index contributed by atoms with van der Waals surface area (Å²) >= 11 is 0. The first kappa shape index (κ1) is 17.2. The van der Waals surface area contributed by atoms with E-state index in [0.717, 1.165) is 25.8 Å². The maximum atomic E-state index is 13.1. The smallest absolute Gasteiger partial charge is 0.282 e. The zero-order valence-corrected chi connectivity index (χ0v) is 14.7. The number of rotatable bonds is 4. The third kappa shape index (κ3) is 3.78. The number of hydrogen-bond donors (Lipinski definition) is 1. The molecule has 0 bridgehead atoms. The monoisotopic (exact) mass is 317 g/mol. The van der Waals surface area contributed by atoms with Crippen LogP contribution in [0.25, 0.3) is 0 Å². The van der Waals surface area contributed by atoms with Gasteiger partial charge in [0.05, 0.1) is 0 Å². The molecule has 2 saturated heterocycles. The van der Waals surface area contributed by atoms with E-state index in [4.69, 9.17) is 0 Å². The average molecular weight is 317 g/mol. The summed E-state index contributed by atoms with van der Waals surface area (Å²) in [6, 6.07) is 0.368. The molecule has 0 aromatic heterocycles. The standard InChI is InChI=1S/C15H31N3O2S/c1-5-14-11-18(15(6-2)8-16-14)21(19,20)17-9-12(3)7-13(4)10-17/h12-16H,5-11H2,1-4H3. The number of nitrogens with one attached hydrogen (secondary N) is 1. The number of hydrogen-bond acceptors (Lipinski definition) is 3. The van der Waals surface area contributed by atoms with Crippen LogP contribution < -0.4 is 5.32 Å². The number of nitrogens with zero attached hydrogens (tertiary/aromatic N) is 2. The minimum absolute atomic E-state index is 0.0883. The van der Waals surface area contributed by atoms with Crippen LogP contribution in [0, 0.1) is 11.8 Å². The predicted molar refractivity (Wildman–Crippen MR) is 86.3 cm³/mol. The molecule has 4 atom stereocenters. The predicted octanol–water partition coefficient (Wildman–Crippen LogP) is 1.67.